The third kappa shape index (κ3) is 3.12. The lowest BCUT2D eigenvalue weighted by molar-refractivity contribution is 0.0444. The van der Waals surface area contributed by atoms with Crippen LogP contribution in [0.3, 0.4) is 0 Å². The molecular formula is C15H16ClFN4O3. The van der Waals surface area contributed by atoms with Crippen LogP contribution >= 0.6 is 11.6 Å². The molecule has 0 bridgehead atoms. The van der Waals surface area contributed by atoms with Gasteiger partial charge in [-0.3, -0.25) is 4.79 Å². The number of ketones is 1. The number of anilines is 1. The highest BCUT2D eigenvalue weighted by Gasteiger charge is 2.43. The Labute approximate surface area is 141 Å². The molecule has 128 valence electrons. The average Bonchev–Trinajstić information content (AvgIpc) is 3.13. The zero-order chi connectivity index (χ0) is 17.3. The average molecular weight is 355 g/mol. The third-order valence-electron chi connectivity index (χ3n) is 4.17. The van der Waals surface area contributed by atoms with E-state index in [0.29, 0.717) is 10.7 Å². The van der Waals surface area contributed by atoms with Gasteiger partial charge in [-0.1, -0.05) is 11.6 Å². The van der Waals surface area contributed by atoms with E-state index in [-0.39, 0.29) is 30.2 Å². The third-order valence-corrected chi connectivity index (χ3v) is 4.39. The maximum absolute atomic E-state index is 14.2. The molecule has 2 aromatic heterocycles. The fourth-order valence-corrected chi connectivity index (χ4v) is 3.03. The summed E-state index contributed by atoms with van der Waals surface area (Å²) in [6, 6.07) is 0.716. The quantitative estimate of drug-likeness (QED) is 0.600. The Balaban J connectivity index is 1.84. The van der Waals surface area contributed by atoms with E-state index in [1.54, 1.807) is 0 Å². The van der Waals surface area contributed by atoms with Gasteiger partial charge in [0.2, 0.25) is 0 Å². The first-order chi connectivity index (χ1) is 11.5. The number of alkyl halides is 1. The summed E-state index contributed by atoms with van der Waals surface area (Å²) < 4.78 is 14.2. The first kappa shape index (κ1) is 16.8. The zero-order valence-electron chi connectivity index (χ0n) is 12.5. The Morgan fingerprint density at radius 3 is 2.96 bits per heavy atom. The smallest absolute Gasteiger partial charge is 0.199 e. The molecule has 9 heteroatoms. The van der Waals surface area contributed by atoms with Gasteiger partial charge in [0.15, 0.2) is 5.78 Å². The Hall–Kier alpha value is -2.03. The van der Waals surface area contributed by atoms with Crippen molar-refractivity contribution in [2.75, 3.05) is 11.9 Å². The molecule has 0 radical (unpaired) electrons. The van der Waals surface area contributed by atoms with Crippen molar-refractivity contribution in [3.05, 3.63) is 41.1 Å². The number of carbonyl (C=O) groups is 1. The highest BCUT2D eigenvalue weighted by Crippen LogP contribution is 2.31. The highest BCUT2D eigenvalue weighted by molar-refractivity contribution is 6.30. The minimum atomic E-state index is -1.57. The molecule has 0 spiro atoms. The summed E-state index contributed by atoms with van der Waals surface area (Å²) in [5.41, 5.74) is 0.497. The van der Waals surface area contributed by atoms with Gasteiger partial charge >= 0.3 is 0 Å². The summed E-state index contributed by atoms with van der Waals surface area (Å²) in [5, 5.41) is 22.1. The predicted octanol–water partition coefficient (Wildman–Crippen LogP) is 1.18. The van der Waals surface area contributed by atoms with Crippen molar-refractivity contribution in [2.24, 2.45) is 5.92 Å². The molecule has 1 fully saturated rings. The standard InChI is InChI=1S/C15H16ClFN4O3/c16-11-2-7(3-19-11)13(23)9-4-18-6-20-15(9)21-10-1-8(5-22)14(24)12(10)17/h2-4,6,8,10,12,14,19,22,24H,1,5H2,(H,18,20,21)/t8-,10-,12-,14-/m1/s1. The molecule has 0 saturated heterocycles. The first-order valence-electron chi connectivity index (χ1n) is 7.39. The van der Waals surface area contributed by atoms with E-state index in [2.05, 4.69) is 20.3 Å². The van der Waals surface area contributed by atoms with Crippen LogP contribution in [0.4, 0.5) is 10.2 Å². The second-order valence-electron chi connectivity index (χ2n) is 5.71. The van der Waals surface area contributed by atoms with Gasteiger partial charge in [-0.2, -0.15) is 0 Å². The number of aliphatic hydroxyl groups excluding tert-OH is 2. The molecule has 3 rings (SSSR count). The SMILES string of the molecule is O=C(c1c[nH]c(Cl)c1)c1cncnc1N[C@@H]1C[C@H](CO)[C@@H](O)[C@@H]1F. The second-order valence-corrected chi connectivity index (χ2v) is 6.12. The lowest BCUT2D eigenvalue weighted by Crippen LogP contribution is -2.32. The summed E-state index contributed by atoms with van der Waals surface area (Å²) in [6.07, 6.45) is 1.44. The van der Waals surface area contributed by atoms with Crippen molar-refractivity contribution in [1.82, 2.24) is 15.0 Å². The van der Waals surface area contributed by atoms with Gasteiger partial charge in [0.1, 0.15) is 23.5 Å². The molecular weight excluding hydrogens is 339 g/mol. The van der Waals surface area contributed by atoms with Crippen molar-refractivity contribution in [2.45, 2.75) is 24.7 Å². The number of hydrogen-bond donors (Lipinski definition) is 4. The number of rotatable bonds is 5. The van der Waals surface area contributed by atoms with Gasteiger partial charge in [-0.05, 0) is 12.5 Å². The summed E-state index contributed by atoms with van der Waals surface area (Å²) in [6.45, 7) is -0.308. The zero-order valence-corrected chi connectivity index (χ0v) is 13.2. The van der Waals surface area contributed by atoms with Gasteiger partial charge < -0.3 is 20.5 Å². The number of aromatic amines is 1. The van der Waals surface area contributed by atoms with Crippen LogP contribution < -0.4 is 5.32 Å². The monoisotopic (exact) mass is 354 g/mol. The van der Waals surface area contributed by atoms with Crippen LogP contribution in [0.2, 0.25) is 5.15 Å². The molecule has 2 heterocycles. The Morgan fingerprint density at radius 2 is 2.33 bits per heavy atom. The Kier molecular flexibility index (Phi) is 4.79. The fourth-order valence-electron chi connectivity index (χ4n) is 2.85. The largest absolute Gasteiger partial charge is 0.396 e. The lowest BCUT2D eigenvalue weighted by Gasteiger charge is -2.18. The predicted molar refractivity (Wildman–Crippen MR) is 84.8 cm³/mol. The molecule has 1 saturated carbocycles. The molecule has 2 aromatic rings. The minimum absolute atomic E-state index is 0.169. The molecule has 0 aliphatic heterocycles. The molecule has 4 N–H and O–H groups in total. The number of H-pyrrole nitrogens is 1. The Morgan fingerprint density at radius 1 is 1.54 bits per heavy atom. The normalized spacial score (nSPS) is 26.5. The number of nitrogens with zero attached hydrogens (tertiary/aromatic N) is 2. The Bertz CT molecular complexity index is 741. The van der Waals surface area contributed by atoms with Crippen molar-refractivity contribution < 1.29 is 19.4 Å². The minimum Gasteiger partial charge on any atom is -0.396 e. The molecule has 1 aliphatic carbocycles. The van der Waals surface area contributed by atoms with Gasteiger partial charge in [0.25, 0.3) is 0 Å². The molecule has 0 unspecified atom stereocenters. The van der Waals surface area contributed by atoms with Gasteiger partial charge in [0.05, 0.1) is 17.7 Å². The lowest BCUT2D eigenvalue weighted by atomic mass is 10.1. The van der Waals surface area contributed by atoms with Gasteiger partial charge in [-0.25, -0.2) is 14.4 Å². The molecule has 4 atom stereocenters. The van der Waals surface area contributed by atoms with Crippen LogP contribution in [-0.2, 0) is 0 Å². The first-order valence-corrected chi connectivity index (χ1v) is 7.77. The van der Waals surface area contributed by atoms with Crippen LogP contribution in [0.1, 0.15) is 22.3 Å². The van der Waals surface area contributed by atoms with Crippen molar-refractivity contribution in [1.29, 1.82) is 0 Å². The van der Waals surface area contributed by atoms with Crippen LogP contribution in [0.15, 0.2) is 24.8 Å². The number of nitrogens with one attached hydrogen (secondary N) is 2. The molecule has 24 heavy (non-hydrogen) atoms. The maximum Gasteiger partial charge on any atom is 0.199 e. The van der Waals surface area contributed by atoms with Gasteiger partial charge in [0, 0.05) is 30.5 Å². The van der Waals surface area contributed by atoms with E-state index < -0.39 is 24.2 Å². The summed E-state index contributed by atoms with van der Waals surface area (Å²) in [5.74, 6) is -0.748. The van der Waals surface area contributed by atoms with Crippen LogP contribution in [0.25, 0.3) is 0 Å². The van der Waals surface area contributed by atoms with Gasteiger partial charge in [-0.15, -0.1) is 0 Å². The van der Waals surface area contributed by atoms with Crippen molar-refractivity contribution in [3.63, 3.8) is 0 Å². The number of aliphatic hydroxyl groups is 2. The molecule has 0 aromatic carbocycles. The highest BCUT2D eigenvalue weighted by atomic mass is 35.5. The molecule has 0 amide bonds. The summed E-state index contributed by atoms with van der Waals surface area (Å²) in [7, 11) is 0. The molecule has 7 nitrogen and oxygen atoms in total. The molecule has 1 aliphatic rings. The fraction of sp³-hybridized carbons (Fsp3) is 0.400. The van der Waals surface area contributed by atoms with E-state index in [4.69, 9.17) is 11.6 Å². The summed E-state index contributed by atoms with van der Waals surface area (Å²) in [4.78, 5) is 23.1. The number of halogens is 2. The number of aromatic nitrogens is 3. The second kappa shape index (κ2) is 6.84. The van der Waals surface area contributed by atoms with E-state index in [1.807, 2.05) is 0 Å². The van der Waals surface area contributed by atoms with E-state index in [9.17, 15) is 19.4 Å². The van der Waals surface area contributed by atoms with Crippen LogP contribution in [0, 0.1) is 5.92 Å². The van der Waals surface area contributed by atoms with E-state index in [1.165, 1.54) is 24.8 Å². The number of hydrogen-bond acceptors (Lipinski definition) is 6. The van der Waals surface area contributed by atoms with E-state index in [0.717, 1.165) is 0 Å². The van der Waals surface area contributed by atoms with Crippen LogP contribution in [0.5, 0.6) is 0 Å². The van der Waals surface area contributed by atoms with Crippen molar-refractivity contribution >= 4 is 23.2 Å². The number of carbonyl (C=O) groups excluding carboxylic acids is 1. The van der Waals surface area contributed by atoms with E-state index >= 15 is 0 Å². The topological polar surface area (TPSA) is 111 Å². The maximum atomic E-state index is 14.2. The summed E-state index contributed by atoms with van der Waals surface area (Å²) >= 11 is 5.78. The van der Waals surface area contributed by atoms with Crippen LogP contribution in [-0.4, -0.2) is 55.9 Å². The van der Waals surface area contributed by atoms with Crippen molar-refractivity contribution in [3.8, 4) is 0 Å².